The zero-order valence-corrected chi connectivity index (χ0v) is 19.1. The van der Waals surface area contributed by atoms with Crippen molar-refractivity contribution < 1.29 is 9.53 Å². The number of hydrogen-bond acceptors (Lipinski definition) is 5. The summed E-state index contributed by atoms with van der Waals surface area (Å²) in [5, 5.41) is 4.22. The van der Waals surface area contributed by atoms with Crippen molar-refractivity contribution in [3.05, 3.63) is 113 Å². The zero-order chi connectivity index (χ0) is 22.3. The summed E-state index contributed by atoms with van der Waals surface area (Å²) in [6, 6.07) is 27.8. The van der Waals surface area contributed by atoms with Crippen molar-refractivity contribution in [1.29, 1.82) is 0 Å². The van der Waals surface area contributed by atoms with Crippen LogP contribution in [0.15, 0.2) is 95.5 Å². The number of thioether (sulfide) groups is 1. The van der Waals surface area contributed by atoms with Crippen molar-refractivity contribution in [2.24, 2.45) is 4.99 Å². The fourth-order valence-corrected chi connectivity index (χ4v) is 4.52. The van der Waals surface area contributed by atoms with Crippen LogP contribution in [0.25, 0.3) is 5.70 Å². The van der Waals surface area contributed by atoms with Crippen LogP contribution in [0.1, 0.15) is 35.2 Å². The van der Waals surface area contributed by atoms with E-state index in [4.69, 9.17) is 9.73 Å². The van der Waals surface area contributed by atoms with E-state index in [1.54, 1.807) is 11.8 Å². The lowest BCUT2D eigenvalue weighted by Crippen LogP contribution is -2.31. The Balaban J connectivity index is 1.75. The predicted molar refractivity (Wildman–Crippen MR) is 132 cm³/mol. The van der Waals surface area contributed by atoms with Crippen LogP contribution in [-0.2, 0) is 15.3 Å². The molecular weight excluding hydrogens is 416 g/mol. The molecule has 32 heavy (non-hydrogen) atoms. The van der Waals surface area contributed by atoms with Gasteiger partial charge in [-0.15, -0.1) is 0 Å². The summed E-state index contributed by atoms with van der Waals surface area (Å²) >= 11 is 1.64. The molecule has 4 nitrogen and oxygen atoms in total. The van der Waals surface area contributed by atoms with Gasteiger partial charge in [-0.2, -0.15) is 0 Å². The molecule has 1 atom stereocenters. The molecule has 4 rings (SSSR count). The number of nitrogens with one attached hydrogen (secondary N) is 1. The Labute approximate surface area is 193 Å². The number of carbonyl (C=O) groups excluding carboxylic acids is 1. The van der Waals surface area contributed by atoms with Gasteiger partial charge in [0.2, 0.25) is 0 Å². The molecule has 0 radical (unpaired) electrons. The minimum atomic E-state index is -0.438. The Hall–Kier alpha value is -3.31. The van der Waals surface area contributed by atoms with Crippen LogP contribution in [0, 0.1) is 6.92 Å². The number of ether oxygens (including phenoxy) is 1. The molecule has 0 fully saturated rings. The van der Waals surface area contributed by atoms with E-state index in [9.17, 15) is 4.79 Å². The van der Waals surface area contributed by atoms with E-state index in [1.807, 2.05) is 67.6 Å². The van der Waals surface area contributed by atoms with Gasteiger partial charge >= 0.3 is 5.97 Å². The standard InChI is InChI=1S/C27H26N2O2S/c1-3-31-26(30)23-24(21-13-6-4-7-14-21)28-27(29-25(23)22-15-8-5-9-16-22)32-18-20-12-10-11-19(2)17-20/h4-17,24H,3,18H2,1-2H3,(H,28,29)/t24-/m1/s1. The van der Waals surface area contributed by atoms with E-state index in [2.05, 4.69) is 36.5 Å². The Morgan fingerprint density at radius 2 is 1.72 bits per heavy atom. The van der Waals surface area contributed by atoms with Crippen LogP contribution in [0.4, 0.5) is 0 Å². The number of hydrogen-bond donors (Lipinski definition) is 1. The molecule has 1 aliphatic heterocycles. The number of carbonyl (C=O) groups is 1. The number of nitrogens with zero attached hydrogens (tertiary/aromatic N) is 1. The molecule has 0 saturated heterocycles. The lowest BCUT2D eigenvalue weighted by atomic mass is 9.94. The maximum Gasteiger partial charge on any atom is 0.338 e. The molecule has 0 amide bonds. The third-order valence-electron chi connectivity index (χ3n) is 5.15. The fraction of sp³-hybridized carbons (Fsp3) is 0.185. The fourth-order valence-electron chi connectivity index (χ4n) is 3.68. The SMILES string of the molecule is CCOC(=O)C1=C(c2ccccc2)NC(SCc2cccc(C)c2)=N[C@@H]1c1ccccc1. The quantitative estimate of drug-likeness (QED) is 0.483. The minimum Gasteiger partial charge on any atom is -0.463 e. The lowest BCUT2D eigenvalue weighted by molar-refractivity contribution is -0.138. The third kappa shape index (κ3) is 5.11. The average Bonchev–Trinajstić information content (AvgIpc) is 2.83. The van der Waals surface area contributed by atoms with Crippen LogP contribution in [0.5, 0.6) is 0 Å². The van der Waals surface area contributed by atoms with Crippen molar-refractivity contribution in [3.8, 4) is 0 Å². The molecule has 3 aromatic rings. The van der Waals surface area contributed by atoms with E-state index in [1.165, 1.54) is 11.1 Å². The summed E-state index contributed by atoms with van der Waals surface area (Å²) in [4.78, 5) is 18.1. The second kappa shape index (κ2) is 10.3. The van der Waals surface area contributed by atoms with Crippen molar-refractivity contribution in [3.63, 3.8) is 0 Å². The molecule has 0 aliphatic carbocycles. The van der Waals surface area contributed by atoms with Crippen LogP contribution in [0.2, 0.25) is 0 Å². The van der Waals surface area contributed by atoms with Gasteiger partial charge in [0.15, 0.2) is 5.17 Å². The molecule has 1 heterocycles. The second-order valence-corrected chi connectivity index (χ2v) is 8.49. The summed E-state index contributed by atoms with van der Waals surface area (Å²) in [6.07, 6.45) is 0. The second-order valence-electron chi connectivity index (χ2n) is 7.53. The van der Waals surface area contributed by atoms with Gasteiger partial charge in [0.05, 0.1) is 17.9 Å². The molecule has 0 spiro atoms. The lowest BCUT2D eigenvalue weighted by Gasteiger charge is -2.27. The number of aliphatic imine (C=N–C) groups is 1. The number of amidine groups is 1. The topological polar surface area (TPSA) is 50.7 Å². The Kier molecular flexibility index (Phi) is 7.07. The molecule has 1 aliphatic rings. The summed E-state index contributed by atoms with van der Waals surface area (Å²) in [5.74, 6) is 0.436. The van der Waals surface area contributed by atoms with Crippen LogP contribution in [-0.4, -0.2) is 17.7 Å². The number of esters is 1. The monoisotopic (exact) mass is 442 g/mol. The van der Waals surface area contributed by atoms with Gasteiger partial charge in [-0.25, -0.2) is 9.79 Å². The average molecular weight is 443 g/mol. The first-order valence-electron chi connectivity index (χ1n) is 10.7. The van der Waals surface area contributed by atoms with Crippen molar-refractivity contribution in [2.75, 3.05) is 6.61 Å². The summed E-state index contributed by atoms with van der Waals surface area (Å²) < 4.78 is 5.45. The van der Waals surface area contributed by atoms with Gasteiger partial charge < -0.3 is 10.1 Å². The highest BCUT2D eigenvalue weighted by Gasteiger charge is 2.32. The van der Waals surface area contributed by atoms with Crippen LogP contribution in [0.3, 0.4) is 0 Å². The third-order valence-corrected chi connectivity index (χ3v) is 6.11. The van der Waals surface area contributed by atoms with Gasteiger partial charge in [0.1, 0.15) is 6.04 Å². The largest absolute Gasteiger partial charge is 0.463 e. The highest BCUT2D eigenvalue weighted by molar-refractivity contribution is 8.13. The van der Waals surface area contributed by atoms with Gasteiger partial charge in [0, 0.05) is 5.75 Å². The molecule has 162 valence electrons. The Bertz CT molecular complexity index is 1140. The molecule has 0 aromatic heterocycles. The predicted octanol–water partition coefficient (Wildman–Crippen LogP) is 5.90. The number of benzene rings is 3. The Morgan fingerprint density at radius 3 is 2.41 bits per heavy atom. The Morgan fingerprint density at radius 1 is 1.00 bits per heavy atom. The van der Waals surface area contributed by atoms with Crippen LogP contribution >= 0.6 is 11.8 Å². The molecule has 0 unspecified atom stereocenters. The van der Waals surface area contributed by atoms with Gasteiger partial charge in [-0.05, 0) is 30.5 Å². The van der Waals surface area contributed by atoms with E-state index in [0.717, 1.165) is 27.7 Å². The normalized spacial score (nSPS) is 15.7. The molecular formula is C27H26N2O2S. The van der Waals surface area contributed by atoms with Crippen LogP contribution < -0.4 is 5.32 Å². The van der Waals surface area contributed by atoms with Gasteiger partial charge in [-0.1, -0.05) is 102 Å². The van der Waals surface area contributed by atoms with E-state index >= 15 is 0 Å². The maximum absolute atomic E-state index is 13.1. The number of rotatable bonds is 6. The summed E-state index contributed by atoms with van der Waals surface area (Å²) in [6.45, 7) is 4.23. The molecule has 0 bridgehead atoms. The molecule has 3 aromatic carbocycles. The first-order chi connectivity index (χ1) is 15.7. The molecule has 0 saturated carbocycles. The molecule has 1 N–H and O–H groups in total. The smallest absolute Gasteiger partial charge is 0.338 e. The maximum atomic E-state index is 13.1. The summed E-state index contributed by atoms with van der Waals surface area (Å²) in [7, 11) is 0. The summed E-state index contributed by atoms with van der Waals surface area (Å²) in [5.41, 5.74) is 5.64. The zero-order valence-electron chi connectivity index (χ0n) is 18.2. The first kappa shape index (κ1) is 21.9. The minimum absolute atomic E-state index is 0.310. The van der Waals surface area contributed by atoms with Crippen molar-refractivity contribution in [1.82, 2.24) is 5.32 Å². The van der Waals surface area contributed by atoms with E-state index in [0.29, 0.717) is 12.2 Å². The number of aryl methyl sites for hydroxylation is 1. The highest BCUT2D eigenvalue weighted by Crippen LogP contribution is 2.36. The van der Waals surface area contributed by atoms with E-state index in [-0.39, 0.29) is 5.97 Å². The first-order valence-corrected chi connectivity index (χ1v) is 11.7. The van der Waals surface area contributed by atoms with Crippen molar-refractivity contribution in [2.45, 2.75) is 25.6 Å². The van der Waals surface area contributed by atoms with Gasteiger partial charge in [0.25, 0.3) is 0 Å². The van der Waals surface area contributed by atoms with Crippen molar-refractivity contribution >= 4 is 28.6 Å². The molecule has 5 heteroatoms. The highest BCUT2D eigenvalue weighted by atomic mass is 32.2. The van der Waals surface area contributed by atoms with Gasteiger partial charge in [-0.3, -0.25) is 0 Å². The van der Waals surface area contributed by atoms with E-state index < -0.39 is 6.04 Å².